The van der Waals surface area contributed by atoms with E-state index in [-0.39, 0.29) is 5.82 Å². The summed E-state index contributed by atoms with van der Waals surface area (Å²) in [4.78, 5) is 4.52. The zero-order valence-electron chi connectivity index (χ0n) is 9.27. The monoisotopic (exact) mass is 248 g/mol. The number of rotatable bonds is 2. The molecular formula is C13H13FN2S. The Morgan fingerprint density at radius 1 is 1.29 bits per heavy atom. The van der Waals surface area contributed by atoms with Gasteiger partial charge in [0, 0.05) is 22.9 Å². The second kappa shape index (κ2) is 4.20. The second-order valence-corrected chi connectivity index (χ2v) is 5.37. The fraction of sp³-hybridized carbons (Fsp3) is 0.308. The minimum absolute atomic E-state index is 0.213. The highest BCUT2D eigenvalue weighted by Crippen LogP contribution is 2.38. The molecule has 1 fully saturated rings. The first-order valence-electron chi connectivity index (χ1n) is 5.70. The molecule has 2 N–H and O–H groups in total. The number of nitrogens with zero attached hydrogens (tertiary/aromatic N) is 1. The van der Waals surface area contributed by atoms with E-state index in [0.29, 0.717) is 17.5 Å². The van der Waals surface area contributed by atoms with E-state index >= 15 is 0 Å². The van der Waals surface area contributed by atoms with Crippen LogP contribution in [0.5, 0.6) is 0 Å². The van der Waals surface area contributed by atoms with Crippen LogP contribution in [0.2, 0.25) is 0 Å². The van der Waals surface area contributed by atoms with Crippen molar-refractivity contribution in [3.05, 3.63) is 40.5 Å². The van der Waals surface area contributed by atoms with Gasteiger partial charge in [-0.25, -0.2) is 9.37 Å². The first kappa shape index (κ1) is 10.9. The molecule has 0 radical (unpaired) electrons. The number of hydrogen-bond acceptors (Lipinski definition) is 3. The molecule has 1 heterocycles. The third kappa shape index (κ3) is 1.98. The van der Waals surface area contributed by atoms with Gasteiger partial charge in [-0.3, -0.25) is 0 Å². The molecule has 1 aliphatic carbocycles. The van der Waals surface area contributed by atoms with Crippen LogP contribution in [0.4, 0.5) is 4.39 Å². The molecule has 0 amide bonds. The van der Waals surface area contributed by atoms with Crippen molar-refractivity contribution in [3.63, 3.8) is 0 Å². The Morgan fingerprint density at radius 2 is 2.06 bits per heavy atom. The largest absolute Gasteiger partial charge is 0.328 e. The lowest BCUT2D eigenvalue weighted by atomic mass is 9.81. The van der Waals surface area contributed by atoms with Crippen molar-refractivity contribution in [2.24, 2.45) is 5.73 Å². The number of benzene rings is 1. The summed E-state index contributed by atoms with van der Waals surface area (Å²) >= 11 is 1.61. The summed E-state index contributed by atoms with van der Waals surface area (Å²) in [5.41, 5.74) is 7.09. The molecule has 0 unspecified atom stereocenters. The number of thiazole rings is 1. The van der Waals surface area contributed by atoms with Crippen molar-refractivity contribution in [1.29, 1.82) is 0 Å². The van der Waals surface area contributed by atoms with Gasteiger partial charge in [0.05, 0.1) is 10.7 Å². The smallest absolute Gasteiger partial charge is 0.132 e. The van der Waals surface area contributed by atoms with Crippen molar-refractivity contribution >= 4 is 11.3 Å². The lowest BCUT2D eigenvalue weighted by Crippen LogP contribution is -2.34. The molecule has 1 saturated carbocycles. The number of hydrogen-bond donors (Lipinski definition) is 1. The molecule has 17 heavy (non-hydrogen) atoms. The Labute approximate surface area is 103 Å². The summed E-state index contributed by atoms with van der Waals surface area (Å²) in [5, 5.41) is 3.02. The number of aromatic nitrogens is 1. The number of halogens is 1. The zero-order chi connectivity index (χ0) is 11.8. The zero-order valence-corrected chi connectivity index (χ0v) is 10.1. The highest BCUT2D eigenvalue weighted by molar-refractivity contribution is 7.10. The van der Waals surface area contributed by atoms with E-state index in [1.54, 1.807) is 23.5 Å². The average Bonchev–Trinajstić information content (AvgIpc) is 2.74. The standard InChI is InChI=1S/C13H13FN2S/c14-11-4-2-1-3-10(11)12-7-17-13(16-12)8-5-9(15)6-8/h1-4,7-9H,5-6,15H2. The second-order valence-electron chi connectivity index (χ2n) is 4.48. The van der Waals surface area contributed by atoms with Gasteiger partial charge in [0.15, 0.2) is 0 Å². The SMILES string of the molecule is NC1CC(c2nc(-c3ccccc3F)cs2)C1. The molecular weight excluding hydrogens is 235 g/mol. The van der Waals surface area contributed by atoms with Crippen molar-refractivity contribution in [3.8, 4) is 11.3 Å². The van der Waals surface area contributed by atoms with Crippen LogP contribution in [0.3, 0.4) is 0 Å². The first-order chi connectivity index (χ1) is 8.24. The average molecular weight is 248 g/mol. The van der Waals surface area contributed by atoms with Crippen molar-refractivity contribution in [2.45, 2.75) is 24.8 Å². The molecule has 0 spiro atoms. The summed E-state index contributed by atoms with van der Waals surface area (Å²) in [6.07, 6.45) is 2.01. The van der Waals surface area contributed by atoms with E-state index in [4.69, 9.17) is 5.73 Å². The lowest BCUT2D eigenvalue weighted by molar-refractivity contribution is 0.351. The molecule has 2 nitrogen and oxygen atoms in total. The number of nitrogens with two attached hydrogens (primary N) is 1. The quantitative estimate of drug-likeness (QED) is 0.886. The highest BCUT2D eigenvalue weighted by Gasteiger charge is 2.29. The van der Waals surface area contributed by atoms with Gasteiger partial charge in [0.2, 0.25) is 0 Å². The molecule has 3 rings (SSSR count). The van der Waals surface area contributed by atoms with Crippen molar-refractivity contribution in [1.82, 2.24) is 4.98 Å². The van der Waals surface area contributed by atoms with E-state index < -0.39 is 0 Å². The van der Waals surface area contributed by atoms with E-state index in [1.165, 1.54) is 6.07 Å². The van der Waals surface area contributed by atoms with Crippen LogP contribution in [-0.4, -0.2) is 11.0 Å². The molecule has 1 aliphatic rings. The molecule has 0 aliphatic heterocycles. The Morgan fingerprint density at radius 3 is 2.76 bits per heavy atom. The summed E-state index contributed by atoms with van der Waals surface area (Å²) < 4.78 is 13.6. The maximum Gasteiger partial charge on any atom is 0.132 e. The van der Waals surface area contributed by atoms with Gasteiger partial charge in [-0.2, -0.15) is 0 Å². The Bertz CT molecular complexity index is 532. The fourth-order valence-electron chi connectivity index (χ4n) is 2.13. The van der Waals surface area contributed by atoms with Gasteiger partial charge < -0.3 is 5.73 Å². The molecule has 4 heteroatoms. The molecule has 2 aromatic rings. The third-order valence-corrected chi connectivity index (χ3v) is 4.20. The molecule has 0 bridgehead atoms. The maximum atomic E-state index is 13.6. The Balaban J connectivity index is 1.88. The van der Waals surface area contributed by atoms with Gasteiger partial charge >= 0.3 is 0 Å². The van der Waals surface area contributed by atoms with Gasteiger partial charge in [-0.15, -0.1) is 11.3 Å². The van der Waals surface area contributed by atoms with Crippen LogP contribution in [0.1, 0.15) is 23.8 Å². The predicted octanol–water partition coefficient (Wildman–Crippen LogP) is 3.15. The molecule has 0 saturated heterocycles. The van der Waals surface area contributed by atoms with E-state index in [0.717, 1.165) is 23.5 Å². The van der Waals surface area contributed by atoms with Crippen molar-refractivity contribution < 1.29 is 4.39 Å². The van der Waals surface area contributed by atoms with Crippen LogP contribution in [-0.2, 0) is 0 Å². The van der Waals surface area contributed by atoms with Gasteiger partial charge in [0.1, 0.15) is 5.82 Å². The van der Waals surface area contributed by atoms with E-state index in [9.17, 15) is 4.39 Å². The molecule has 0 atom stereocenters. The summed E-state index contributed by atoms with van der Waals surface area (Å²) in [5.74, 6) is 0.269. The van der Waals surface area contributed by atoms with Crippen LogP contribution in [0.15, 0.2) is 29.6 Å². The summed E-state index contributed by atoms with van der Waals surface area (Å²) in [6.45, 7) is 0. The van der Waals surface area contributed by atoms with Gasteiger partial charge in [-0.05, 0) is 25.0 Å². The van der Waals surface area contributed by atoms with Crippen LogP contribution >= 0.6 is 11.3 Å². The summed E-state index contributed by atoms with van der Waals surface area (Å²) in [6, 6.07) is 7.07. The van der Waals surface area contributed by atoms with Gasteiger partial charge in [0.25, 0.3) is 0 Å². The van der Waals surface area contributed by atoms with E-state index in [2.05, 4.69) is 4.98 Å². The van der Waals surface area contributed by atoms with Gasteiger partial charge in [-0.1, -0.05) is 12.1 Å². The molecule has 1 aromatic carbocycles. The first-order valence-corrected chi connectivity index (χ1v) is 6.58. The highest BCUT2D eigenvalue weighted by atomic mass is 32.1. The van der Waals surface area contributed by atoms with Crippen molar-refractivity contribution in [2.75, 3.05) is 0 Å². The fourth-order valence-corrected chi connectivity index (χ4v) is 3.08. The lowest BCUT2D eigenvalue weighted by Gasteiger charge is -2.30. The minimum Gasteiger partial charge on any atom is -0.328 e. The maximum absolute atomic E-state index is 13.6. The molecule has 88 valence electrons. The Kier molecular flexibility index (Phi) is 2.68. The topological polar surface area (TPSA) is 38.9 Å². The Hall–Kier alpha value is -1.26. The minimum atomic E-state index is -0.213. The summed E-state index contributed by atoms with van der Waals surface area (Å²) in [7, 11) is 0. The van der Waals surface area contributed by atoms with Crippen LogP contribution in [0.25, 0.3) is 11.3 Å². The van der Waals surface area contributed by atoms with Crippen LogP contribution < -0.4 is 5.73 Å². The van der Waals surface area contributed by atoms with Crippen LogP contribution in [0, 0.1) is 5.82 Å². The normalized spacial score (nSPS) is 23.4. The third-order valence-electron chi connectivity index (χ3n) is 3.20. The van der Waals surface area contributed by atoms with E-state index in [1.807, 2.05) is 11.4 Å². The molecule has 1 aromatic heterocycles. The predicted molar refractivity (Wildman–Crippen MR) is 67.5 cm³/mol.